The Balaban J connectivity index is 1.35. The molecule has 0 aromatic heterocycles. The van der Waals surface area contributed by atoms with Gasteiger partial charge in [0.25, 0.3) is 0 Å². The molecular formula is C22H31N3O4. The maximum absolute atomic E-state index is 13.2. The van der Waals surface area contributed by atoms with Crippen LogP contribution >= 0.6 is 0 Å². The molecule has 7 nitrogen and oxygen atoms in total. The van der Waals surface area contributed by atoms with Crippen LogP contribution in [0.25, 0.3) is 0 Å². The number of aliphatic hydroxyl groups excluding tert-OH is 1. The predicted octanol–water partition coefficient (Wildman–Crippen LogP) is 1.85. The van der Waals surface area contributed by atoms with Crippen molar-refractivity contribution in [1.29, 1.82) is 0 Å². The van der Waals surface area contributed by atoms with E-state index in [0.717, 1.165) is 25.1 Å². The van der Waals surface area contributed by atoms with Crippen LogP contribution in [0.2, 0.25) is 0 Å². The van der Waals surface area contributed by atoms with Crippen LogP contribution < -0.4 is 0 Å². The number of hydrogen-bond donors (Lipinski definition) is 1. The highest BCUT2D eigenvalue weighted by Crippen LogP contribution is 2.26. The van der Waals surface area contributed by atoms with E-state index in [4.69, 9.17) is 4.74 Å². The van der Waals surface area contributed by atoms with Gasteiger partial charge in [-0.1, -0.05) is 36.8 Å². The number of ether oxygens (including phenoxy) is 1. The molecule has 0 bridgehead atoms. The molecule has 1 aromatic rings. The minimum atomic E-state index is -0.688. The first-order chi connectivity index (χ1) is 14.1. The summed E-state index contributed by atoms with van der Waals surface area (Å²) in [5, 5.41) is 10.1. The van der Waals surface area contributed by atoms with Gasteiger partial charge in [0.15, 0.2) is 0 Å². The molecule has 4 rings (SSSR count). The first-order valence-corrected chi connectivity index (χ1v) is 10.8. The lowest BCUT2D eigenvalue weighted by Gasteiger charge is -2.36. The van der Waals surface area contributed by atoms with E-state index in [0.29, 0.717) is 19.1 Å². The maximum Gasteiger partial charge on any atom is 0.410 e. The number of carbonyl (C=O) groups is 2. The van der Waals surface area contributed by atoms with Gasteiger partial charge in [-0.3, -0.25) is 14.6 Å². The molecule has 3 fully saturated rings. The number of likely N-dealkylation sites (tertiary alicyclic amines) is 1. The molecule has 2 heterocycles. The lowest BCUT2D eigenvalue weighted by molar-refractivity contribution is -0.135. The maximum atomic E-state index is 13.2. The van der Waals surface area contributed by atoms with Crippen molar-refractivity contribution in [2.45, 2.75) is 56.9 Å². The second-order valence-electron chi connectivity index (χ2n) is 8.40. The smallest absolute Gasteiger partial charge is 0.410 e. The summed E-state index contributed by atoms with van der Waals surface area (Å²) in [7, 11) is 0. The average Bonchev–Trinajstić information content (AvgIpc) is 2.93. The van der Waals surface area contributed by atoms with Crippen LogP contribution in [0.15, 0.2) is 30.3 Å². The van der Waals surface area contributed by atoms with Crippen LogP contribution in [-0.4, -0.2) is 82.7 Å². The Labute approximate surface area is 172 Å². The van der Waals surface area contributed by atoms with Gasteiger partial charge in [0.1, 0.15) is 12.6 Å². The Morgan fingerprint density at radius 3 is 2.55 bits per heavy atom. The van der Waals surface area contributed by atoms with Crippen molar-refractivity contribution >= 4 is 12.0 Å². The second-order valence-corrected chi connectivity index (χ2v) is 8.40. The quantitative estimate of drug-likeness (QED) is 0.834. The van der Waals surface area contributed by atoms with E-state index in [1.54, 1.807) is 0 Å². The molecular weight excluding hydrogens is 370 g/mol. The van der Waals surface area contributed by atoms with Crippen LogP contribution in [0, 0.1) is 0 Å². The lowest BCUT2D eigenvalue weighted by Crippen LogP contribution is -2.49. The predicted molar refractivity (Wildman–Crippen MR) is 108 cm³/mol. The molecule has 0 spiro atoms. The van der Waals surface area contributed by atoms with Crippen LogP contribution in [0.1, 0.15) is 37.7 Å². The molecule has 1 aromatic carbocycles. The highest BCUT2D eigenvalue weighted by molar-refractivity contribution is 5.86. The van der Waals surface area contributed by atoms with Crippen LogP contribution in [0.3, 0.4) is 0 Å². The number of carbonyl (C=O) groups excluding carboxylic acids is 2. The lowest BCUT2D eigenvalue weighted by atomic mass is 9.91. The van der Waals surface area contributed by atoms with Gasteiger partial charge in [-0.2, -0.15) is 0 Å². The molecule has 2 atom stereocenters. The largest absolute Gasteiger partial charge is 0.445 e. The minimum Gasteiger partial charge on any atom is -0.445 e. The van der Waals surface area contributed by atoms with Gasteiger partial charge < -0.3 is 14.7 Å². The average molecular weight is 402 g/mol. The SMILES string of the molecule is O=C(C1CC(O)CN1C(=O)OCc1ccccc1)N1CCCN(C2CCC2)CC1. The van der Waals surface area contributed by atoms with Crippen molar-refractivity contribution in [3.05, 3.63) is 35.9 Å². The zero-order valence-electron chi connectivity index (χ0n) is 16.9. The third-order valence-electron chi connectivity index (χ3n) is 6.44. The van der Waals surface area contributed by atoms with E-state index in [9.17, 15) is 14.7 Å². The molecule has 3 aliphatic rings. The summed E-state index contributed by atoms with van der Waals surface area (Å²) in [6, 6.07) is 9.51. The van der Waals surface area contributed by atoms with Crippen molar-refractivity contribution in [3.8, 4) is 0 Å². The summed E-state index contributed by atoms with van der Waals surface area (Å²) < 4.78 is 5.42. The van der Waals surface area contributed by atoms with E-state index in [2.05, 4.69) is 4.90 Å². The molecule has 2 aliphatic heterocycles. The first kappa shape index (κ1) is 20.2. The highest BCUT2D eigenvalue weighted by Gasteiger charge is 2.42. The molecule has 7 heteroatoms. The third kappa shape index (κ3) is 4.73. The van der Waals surface area contributed by atoms with Crippen molar-refractivity contribution in [2.24, 2.45) is 0 Å². The Morgan fingerprint density at radius 1 is 1.03 bits per heavy atom. The number of amides is 2. The summed E-state index contributed by atoms with van der Waals surface area (Å²) in [4.78, 5) is 31.6. The number of β-amino-alcohol motifs (C(OH)–C–C–N with tert-alkyl or cyclic N) is 1. The van der Waals surface area contributed by atoms with E-state index in [1.165, 1.54) is 24.2 Å². The van der Waals surface area contributed by atoms with Gasteiger partial charge in [-0.05, 0) is 24.8 Å². The van der Waals surface area contributed by atoms with Crippen molar-refractivity contribution in [3.63, 3.8) is 0 Å². The van der Waals surface area contributed by atoms with Gasteiger partial charge in [0, 0.05) is 38.6 Å². The van der Waals surface area contributed by atoms with Crippen molar-refractivity contribution in [2.75, 3.05) is 32.7 Å². The fourth-order valence-corrected chi connectivity index (χ4v) is 4.54. The number of benzene rings is 1. The first-order valence-electron chi connectivity index (χ1n) is 10.8. The van der Waals surface area contributed by atoms with E-state index < -0.39 is 18.2 Å². The third-order valence-corrected chi connectivity index (χ3v) is 6.44. The van der Waals surface area contributed by atoms with Crippen molar-refractivity contribution in [1.82, 2.24) is 14.7 Å². The molecule has 158 valence electrons. The zero-order valence-corrected chi connectivity index (χ0v) is 16.9. The Hall–Kier alpha value is -2.12. The number of hydrogen-bond acceptors (Lipinski definition) is 5. The topological polar surface area (TPSA) is 73.3 Å². The van der Waals surface area contributed by atoms with E-state index >= 15 is 0 Å². The molecule has 2 saturated heterocycles. The van der Waals surface area contributed by atoms with E-state index in [-0.39, 0.29) is 25.5 Å². The molecule has 2 amide bonds. The van der Waals surface area contributed by atoms with Gasteiger partial charge in [-0.15, -0.1) is 0 Å². The Morgan fingerprint density at radius 2 is 1.83 bits per heavy atom. The number of aliphatic hydroxyl groups is 1. The summed E-state index contributed by atoms with van der Waals surface area (Å²) in [6.45, 7) is 3.63. The molecule has 1 N–H and O–H groups in total. The Bertz CT molecular complexity index is 709. The van der Waals surface area contributed by atoms with Crippen LogP contribution in [-0.2, 0) is 16.1 Å². The highest BCUT2D eigenvalue weighted by atomic mass is 16.6. The monoisotopic (exact) mass is 401 g/mol. The van der Waals surface area contributed by atoms with Gasteiger partial charge in [0.2, 0.25) is 5.91 Å². The summed E-state index contributed by atoms with van der Waals surface area (Å²) in [5.41, 5.74) is 0.895. The molecule has 29 heavy (non-hydrogen) atoms. The van der Waals surface area contributed by atoms with Gasteiger partial charge in [0.05, 0.1) is 12.6 Å². The van der Waals surface area contributed by atoms with Crippen LogP contribution in [0.5, 0.6) is 0 Å². The molecule has 1 saturated carbocycles. The fourth-order valence-electron chi connectivity index (χ4n) is 4.54. The fraction of sp³-hybridized carbons (Fsp3) is 0.636. The summed E-state index contributed by atoms with van der Waals surface area (Å²) in [5.74, 6) is -0.0614. The zero-order chi connectivity index (χ0) is 20.2. The van der Waals surface area contributed by atoms with Gasteiger partial charge in [-0.25, -0.2) is 4.79 Å². The van der Waals surface area contributed by atoms with E-state index in [1.807, 2.05) is 35.2 Å². The Kier molecular flexibility index (Phi) is 6.35. The summed E-state index contributed by atoms with van der Waals surface area (Å²) in [6.07, 6.45) is 3.86. The minimum absolute atomic E-state index is 0.0614. The molecule has 2 unspecified atom stereocenters. The number of nitrogens with zero attached hydrogens (tertiary/aromatic N) is 3. The normalized spacial score (nSPS) is 26.1. The number of rotatable bonds is 4. The standard InChI is InChI=1S/C22H31N3O4/c26-19-14-20(25(15-19)22(28)29-16-17-6-2-1-3-7-17)21(27)24-11-5-10-23(12-13-24)18-8-4-9-18/h1-3,6-7,18-20,26H,4-5,8-16H2. The molecule has 1 aliphatic carbocycles. The molecule has 0 radical (unpaired) electrons. The second kappa shape index (κ2) is 9.13. The summed E-state index contributed by atoms with van der Waals surface area (Å²) >= 11 is 0. The van der Waals surface area contributed by atoms with Gasteiger partial charge >= 0.3 is 6.09 Å². The van der Waals surface area contributed by atoms with Crippen molar-refractivity contribution < 1.29 is 19.4 Å². The van der Waals surface area contributed by atoms with Crippen LogP contribution in [0.4, 0.5) is 4.79 Å².